The Morgan fingerprint density at radius 3 is 2.19 bits per heavy atom. The molecular weight excluding hydrogens is 484 g/mol. The third-order valence-corrected chi connectivity index (χ3v) is 6.85. The van der Waals surface area contributed by atoms with Crippen molar-refractivity contribution in [1.29, 1.82) is 0 Å². The molecule has 37 heavy (non-hydrogen) atoms. The van der Waals surface area contributed by atoms with E-state index in [1.807, 2.05) is 86.6 Å². The molecule has 0 spiro atoms. The van der Waals surface area contributed by atoms with Crippen LogP contribution in [0.5, 0.6) is 5.75 Å². The number of hydrogen-bond acceptors (Lipinski definition) is 3. The maximum atomic E-state index is 13.7. The summed E-state index contributed by atoms with van der Waals surface area (Å²) in [4.78, 5) is 28.8. The molecular formula is C31H37ClN2O3. The third kappa shape index (κ3) is 8.36. The topological polar surface area (TPSA) is 58.6 Å². The summed E-state index contributed by atoms with van der Waals surface area (Å²) in [5.74, 6) is 0.539. The smallest absolute Gasteiger partial charge is 0.261 e. The molecule has 5 nitrogen and oxygen atoms in total. The zero-order valence-corrected chi connectivity index (χ0v) is 22.9. The van der Waals surface area contributed by atoms with Crippen LogP contribution in [0.2, 0.25) is 5.02 Å². The lowest BCUT2D eigenvalue weighted by Crippen LogP contribution is -2.53. The minimum atomic E-state index is -0.730. The van der Waals surface area contributed by atoms with Gasteiger partial charge in [0.05, 0.1) is 0 Å². The van der Waals surface area contributed by atoms with E-state index >= 15 is 0 Å². The second kappa shape index (κ2) is 13.8. The Kier molecular flexibility index (Phi) is 10.6. The zero-order valence-electron chi connectivity index (χ0n) is 22.1. The molecule has 2 unspecified atom stereocenters. The van der Waals surface area contributed by atoms with Crippen molar-refractivity contribution in [3.8, 4) is 5.75 Å². The summed E-state index contributed by atoms with van der Waals surface area (Å²) in [7, 11) is 0. The Labute approximate surface area is 225 Å². The SMILES string of the molecule is CCC(C)NC(=O)C(Cc1ccccc1)N(Cc1ccccc1Cl)C(=O)COc1ccc(C(C)C)cc1. The average molecular weight is 521 g/mol. The summed E-state index contributed by atoms with van der Waals surface area (Å²) in [5, 5.41) is 3.62. The molecule has 0 saturated carbocycles. The molecule has 0 aliphatic carbocycles. The molecule has 0 fully saturated rings. The van der Waals surface area contributed by atoms with Crippen molar-refractivity contribution in [1.82, 2.24) is 10.2 Å². The number of rotatable bonds is 12. The fraction of sp³-hybridized carbons (Fsp3) is 0.355. The van der Waals surface area contributed by atoms with Crippen LogP contribution in [0.3, 0.4) is 0 Å². The van der Waals surface area contributed by atoms with Crippen LogP contribution in [0.15, 0.2) is 78.9 Å². The van der Waals surface area contributed by atoms with E-state index in [-0.39, 0.29) is 31.0 Å². The van der Waals surface area contributed by atoms with Crippen molar-refractivity contribution in [3.05, 3.63) is 101 Å². The van der Waals surface area contributed by atoms with Crippen molar-refractivity contribution < 1.29 is 14.3 Å². The lowest BCUT2D eigenvalue weighted by molar-refractivity contribution is -0.143. The standard InChI is InChI=1S/C31H37ClN2O3/c1-5-23(4)33-31(36)29(19-24-11-7-6-8-12-24)34(20-26-13-9-10-14-28(26)32)30(35)21-37-27-17-15-25(16-18-27)22(2)3/h6-18,22-23,29H,5,19-21H2,1-4H3,(H,33,36). The van der Waals surface area contributed by atoms with Crippen LogP contribution in [0.25, 0.3) is 0 Å². The maximum Gasteiger partial charge on any atom is 0.261 e. The summed E-state index contributed by atoms with van der Waals surface area (Å²) in [6.07, 6.45) is 1.17. The van der Waals surface area contributed by atoms with Crippen molar-refractivity contribution in [2.75, 3.05) is 6.61 Å². The van der Waals surface area contributed by atoms with Crippen molar-refractivity contribution in [2.24, 2.45) is 0 Å². The number of halogens is 1. The van der Waals surface area contributed by atoms with Crippen molar-refractivity contribution in [2.45, 2.75) is 65.1 Å². The highest BCUT2D eigenvalue weighted by Crippen LogP contribution is 2.22. The number of nitrogens with zero attached hydrogens (tertiary/aromatic N) is 1. The van der Waals surface area contributed by atoms with E-state index in [4.69, 9.17) is 16.3 Å². The minimum absolute atomic E-state index is 0.0150. The first kappa shape index (κ1) is 28.3. The minimum Gasteiger partial charge on any atom is -0.484 e. The highest BCUT2D eigenvalue weighted by molar-refractivity contribution is 6.31. The first-order chi connectivity index (χ1) is 17.8. The van der Waals surface area contributed by atoms with Gasteiger partial charge in [-0.25, -0.2) is 0 Å². The zero-order chi connectivity index (χ0) is 26.8. The van der Waals surface area contributed by atoms with E-state index < -0.39 is 6.04 Å². The molecule has 3 aromatic carbocycles. The van der Waals surface area contributed by atoms with Crippen molar-refractivity contribution >= 4 is 23.4 Å². The van der Waals surface area contributed by atoms with Gasteiger partial charge in [-0.15, -0.1) is 0 Å². The third-order valence-electron chi connectivity index (χ3n) is 6.48. The normalized spacial score (nSPS) is 12.6. The van der Waals surface area contributed by atoms with Gasteiger partial charge in [-0.3, -0.25) is 9.59 Å². The Morgan fingerprint density at radius 2 is 1.57 bits per heavy atom. The molecule has 0 aromatic heterocycles. The summed E-state index contributed by atoms with van der Waals surface area (Å²) >= 11 is 6.47. The monoisotopic (exact) mass is 520 g/mol. The molecule has 0 saturated heterocycles. The molecule has 0 aliphatic heterocycles. The predicted molar refractivity (Wildman–Crippen MR) is 150 cm³/mol. The fourth-order valence-electron chi connectivity index (χ4n) is 3.98. The summed E-state index contributed by atoms with van der Waals surface area (Å²) < 4.78 is 5.88. The Bertz CT molecular complexity index is 1150. The number of carbonyl (C=O) groups excluding carboxylic acids is 2. The van der Waals surface area contributed by atoms with Gasteiger partial charge in [-0.05, 0) is 54.2 Å². The predicted octanol–water partition coefficient (Wildman–Crippen LogP) is 6.40. The second-order valence-corrected chi connectivity index (χ2v) is 10.1. The fourth-order valence-corrected chi connectivity index (χ4v) is 4.18. The molecule has 1 N–H and O–H groups in total. The highest BCUT2D eigenvalue weighted by Gasteiger charge is 2.31. The van der Waals surface area contributed by atoms with Gasteiger partial charge in [0.1, 0.15) is 11.8 Å². The van der Waals surface area contributed by atoms with Gasteiger partial charge in [0.15, 0.2) is 6.61 Å². The lowest BCUT2D eigenvalue weighted by atomic mass is 10.0. The van der Waals surface area contributed by atoms with Crippen LogP contribution in [0.1, 0.15) is 56.7 Å². The Balaban J connectivity index is 1.90. The summed E-state index contributed by atoms with van der Waals surface area (Å²) in [6.45, 7) is 8.24. The van der Waals surface area contributed by atoms with E-state index in [1.54, 1.807) is 11.0 Å². The number of carbonyl (C=O) groups is 2. The first-order valence-electron chi connectivity index (χ1n) is 12.9. The molecule has 2 amide bonds. The Morgan fingerprint density at radius 1 is 0.919 bits per heavy atom. The lowest BCUT2D eigenvalue weighted by Gasteiger charge is -2.32. The highest BCUT2D eigenvalue weighted by atomic mass is 35.5. The Hall–Kier alpha value is -3.31. The number of benzene rings is 3. The average Bonchev–Trinajstić information content (AvgIpc) is 2.90. The van der Waals surface area contributed by atoms with Gasteiger partial charge in [-0.2, -0.15) is 0 Å². The molecule has 0 heterocycles. The van der Waals surface area contributed by atoms with Gasteiger partial charge >= 0.3 is 0 Å². The van der Waals surface area contributed by atoms with Crippen molar-refractivity contribution in [3.63, 3.8) is 0 Å². The largest absolute Gasteiger partial charge is 0.484 e. The summed E-state index contributed by atoms with van der Waals surface area (Å²) in [6, 6.07) is 24.1. The van der Waals surface area contributed by atoms with Crippen LogP contribution in [-0.4, -0.2) is 35.4 Å². The van der Waals surface area contributed by atoms with E-state index in [2.05, 4.69) is 19.2 Å². The van der Waals surface area contributed by atoms with Crippen LogP contribution >= 0.6 is 11.6 Å². The molecule has 0 radical (unpaired) electrons. The van der Waals surface area contributed by atoms with Crippen LogP contribution in [0.4, 0.5) is 0 Å². The molecule has 0 bridgehead atoms. The number of ether oxygens (including phenoxy) is 1. The molecule has 3 aromatic rings. The molecule has 0 aliphatic rings. The summed E-state index contributed by atoms with van der Waals surface area (Å²) in [5.41, 5.74) is 2.94. The van der Waals surface area contributed by atoms with Gasteiger partial charge in [0.2, 0.25) is 5.91 Å². The van der Waals surface area contributed by atoms with E-state index in [1.165, 1.54) is 5.56 Å². The van der Waals surface area contributed by atoms with Gasteiger partial charge in [-0.1, -0.05) is 93.0 Å². The maximum absolute atomic E-state index is 13.7. The molecule has 196 valence electrons. The molecule has 3 rings (SSSR count). The van der Waals surface area contributed by atoms with Crippen LogP contribution in [0, 0.1) is 0 Å². The van der Waals surface area contributed by atoms with Crippen LogP contribution < -0.4 is 10.1 Å². The van der Waals surface area contributed by atoms with E-state index in [9.17, 15) is 9.59 Å². The number of amides is 2. The molecule has 2 atom stereocenters. The van der Waals surface area contributed by atoms with E-state index in [0.717, 1.165) is 17.5 Å². The molecule has 6 heteroatoms. The van der Waals surface area contributed by atoms with Gasteiger partial charge in [0.25, 0.3) is 5.91 Å². The van der Waals surface area contributed by atoms with E-state index in [0.29, 0.717) is 23.1 Å². The number of hydrogen-bond donors (Lipinski definition) is 1. The first-order valence-corrected chi connectivity index (χ1v) is 13.3. The van der Waals surface area contributed by atoms with Gasteiger partial charge in [0, 0.05) is 24.0 Å². The van der Waals surface area contributed by atoms with Gasteiger partial charge < -0.3 is 15.0 Å². The van der Waals surface area contributed by atoms with Crippen LogP contribution in [-0.2, 0) is 22.6 Å². The quantitative estimate of drug-likeness (QED) is 0.301. The number of nitrogens with one attached hydrogen (secondary N) is 1. The second-order valence-electron chi connectivity index (χ2n) is 9.65.